The number of nitrogens with zero attached hydrogens (tertiary/aromatic N) is 4. The Morgan fingerprint density at radius 2 is 2.11 bits per heavy atom. The molecule has 5 nitrogen and oxygen atoms in total. The lowest BCUT2D eigenvalue weighted by atomic mass is 10.1. The molecule has 1 atom stereocenters. The van der Waals surface area contributed by atoms with Gasteiger partial charge in [0.2, 0.25) is 0 Å². The summed E-state index contributed by atoms with van der Waals surface area (Å²) in [5.41, 5.74) is 9.34. The summed E-state index contributed by atoms with van der Waals surface area (Å²) in [6.45, 7) is 5.02. The maximum atomic E-state index is 5.95. The van der Waals surface area contributed by atoms with Crippen molar-refractivity contribution in [1.82, 2.24) is 19.3 Å². The van der Waals surface area contributed by atoms with E-state index in [4.69, 9.17) is 5.73 Å². The molecule has 0 fully saturated rings. The molecule has 0 amide bonds. The Morgan fingerprint density at radius 1 is 1.32 bits per heavy atom. The van der Waals surface area contributed by atoms with Gasteiger partial charge in [0, 0.05) is 25.7 Å². The highest BCUT2D eigenvalue weighted by atomic mass is 15.3. The van der Waals surface area contributed by atoms with Crippen molar-refractivity contribution in [3.8, 4) is 0 Å². The molecule has 0 aromatic carbocycles. The molecule has 5 heteroatoms. The third kappa shape index (κ3) is 3.44. The highest BCUT2D eigenvalue weighted by Gasteiger charge is 2.07. The molecule has 2 aromatic rings. The average molecular weight is 261 g/mol. The van der Waals surface area contributed by atoms with Crippen molar-refractivity contribution < 1.29 is 0 Å². The number of imidazole rings is 1. The van der Waals surface area contributed by atoms with Crippen LogP contribution in [0.2, 0.25) is 0 Å². The molecule has 2 heterocycles. The van der Waals surface area contributed by atoms with E-state index in [0.717, 1.165) is 37.2 Å². The lowest BCUT2D eigenvalue weighted by Gasteiger charge is -2.05. The van der Waals surface area contributed by atoms with E-state index in [1.54, 1.807) is 0 Å². The third-order valence-electron chi connectivity index (χ3n) is 3.42. The Labute approximate surface area is 114 Å². The van der Waals surface area contributed by atoms with Gasteiger partial charge >= 0.3 is 0 Å². The number of nitrogens with two attached hydrogens (primary N) is 1. The minimum atomic E-state index is 0.201. The van der Waals surface area contributed by atoms with Crippen LogP contribution in [0, 0.1) is 0 Å². The van der Waals surface area contributed by atoms with Crippen LogP contribution < -0.4 is 5.73 Å². The van der Waals surface area contributed by atoms with Crippen LogP contribution in [0.4, 0.5) is 0 Å². The van der Waals surface area contributed by atoms with Crippen LogP contribution in [0.1, 0.15) is 37.4 Å². The van der Waals surface area contributed by atoms with E-state index in [1.165, 1.54) is 5.69 Å². The summed E-state index contributed by atoms with van der Waals surface area (Å²) in [6.07, 6.45) is 6.74. The second kappa shape index (κ2) is 6.02. The zero-order chi connectivity index (χ0) is 13.8. The third-order valence-corrected chi connectivity index (χ3v) is 3.42. The molecule has 2 rings (SSSR count). The molecule has 1 unspecified atom stereocenters. The van der Waals surface area contributed by atoms with E-state index in [2.05, 4.69) is 40.8 Å². The lowest BCUT2D eigenvalue weighted by molar-refractivity contribution is 0.636. The van der Waals surface area contributed by atoms with Gasteiger partial charge in [0.15, 0.2) is 0 Å². The largest absolute Gasteiger partial charge is 0.331 e. The van der Waals surface area contributed by atoms with Crippen molar-refractivity contribution in [2.45, 2.75) is 45.7 Å². The van der Waals surface area contributed by atoms with Gasteiger partial charge in [0.25, 0.3) is 0 Å². The fourth-order valence-electron chi connectivity index (χ4n) is 2.09. The van der Waals surface area contributed by atoms with Crippen molar-refractivity contribution in [2.75, 3.05) is 0 Å². The molecule has 0 bridgehead atoms. The molecule has 104 valence electrons. The summed E-state index contributed by atoms with van der Waals surface area (Å²) in [5.74, 6) is 0. The first kappa shape index (κ1) is 13.8. The Hall–Kier alpha value is -1.62. The standard InChI is InChI=1S/C14H23N5/c1-4-11(15)6-13-8-19(10-16-13)9-14-7-12(5-2)17-18(14)3/h7-8,10-11H,4-6,9,15H2,1-3H3. The van der Waals surface area contributed by atoms with Gasteiger partial charge < -0.3 is 10.3 Å². The maximum Gasteiger partial charge on any atom is 0.0953 e. The van der Waals surface area contributed by atoms with Gasteiger partial charge in [-0.2, -0.15) is 5.10 Å². The van der Waals surface area contributed by atoms with Crippen molar-refractivity contribution in [3.63, 3.8) is 0 Å². The van der Waals surface area contributed by atoms with E-state index in [9.17, 15) is 0 Å². The lowest BCUT2D eigenvalue weighted by Crippen LogP contribution is -2.21. The first-order valence-electron chi connectivity index (χ1n) is 6.90. The van der Waals surface area contributed by atoms with Gasteiger partial charge in [-0.25, -0.2) is 4.98 Å². The van der Waals surface area contributed by atoms with Crippen LogP contribution in [0.3, 0.4) is 0 Å². The number of aryl methyl sites for hydroxylation is 2. The summed E-state index contributed by atoms with van der Waals surface area (Å²) < 4.78 is 4.03. The minimum absolute atomic E-state index is 0.201. The molecule has 0 spiro atoms. The minimum Gasteiger partial charge on any atom is -0.331 e. The van der Waals surface area contributed by atoms with E-state index in [0.29, 0.717) is 0 Å². The van der Waals surface area contributed by atoms with Gasteiger partial charge in [-0.15, -0.1) is 0 Å². The average Bonchev–Trinajstić information content (AvgIpc) is 2.97. The first-order chi connectivity index (χ1) is 9.12. The van der Waals surface area contributed by atoms with Gasteiger partial charge in [0.05, 0.1) is 30.0 Å². The van der Waals surface area contributed by atoms with Gasteiger partial charge in [0.1, 0.15) is 0 Å². The Morgan fingerprint density at radius 3 is 2.74 bits per heavy atom. The first-order valence-corrected chi connectivity index (χ1v) is 6.90. The zero-order valence-electron chi connectivity index (χ0n) is 12.0. The summed E-state index contributed by atoms with van der Waals surface area (Å²) in [4.78, 5) is 4.41. The van der Waals surface area contributed by atoms with Crippen molar-refractivity contribution in [3.05, 3.63) is 35.7 Å². The van der Waals surface area contributed by atoms with Gasteiger partial charge in [-0.1, -0.05) is 13.8 Å². The number of hydrogen-bond acceptors (Lipinski definition) is 3. The molecule has 0 aliphatic rings. The molecule has 0 aliphatic carbocycles. The van der Waals surface area contributed by atoms with E-state index >= 15 is 0 Å². The highest BCUT2D eigenvalue weighted by molar-refractivity contribution is 5.11. The Kier molecular flexibility index (Phi) is 4.37. The fourth-order valence-corrected chi connectivity index (χ4v) is 2.09. The molecular weight excluding hydrogens is 238 g/mol. The smallest absolute Gasteiger partial charge is 0.0953 e. The summed E-state index contributed by atoms with van der Waals surface area (Å²) >= 11 is 0. The van der Waals surface area contributed by atoms with E-state index in [-0.39, 0.29) is 6.04 Å². The van der Waals surface area contributed by atoms with Crippen LogP contribution in [-0.2, 0) is 26.4 Å². The molecular formula is C14H23N5. The summed E-state index contributed by atoms with van der Waals surface area (Å²) in [6, 6.07) is 2.35. The van der Waals surface area contributed by atoms with Gasteiger partial charge in [-0.05, 0) is 18.9 Å². The fraction of sp³-hybridized carbons (Fsp3) is 0.571. The van der Waals surface area contributed by atoms with Crippen molar-refractivity contribution >= 4 is 0 Å². The molecule has 0 aliphatic heterocycles. The maximum absolute atomic E-state index is 5.95. The van der Waals surface area contributed by atoms with E-state index in [1.807, 2.05) is 18.1 Å². The molecule has 2 aromatic heterocycles. The normalized spacial score (nSPS) is 12.8. The SMILES string of the molecule is CCc1cc(Cn2cnc(CC(N)CC)c2)n(C)n1. The second-order valence-electron chi connectivity index (χ2n) is 5.01. The van der Waals surface area contributed by atoms with Crippen molar-refractivity contribution in [2.24, 2.45) is 12.8 Å². The van der Waals surface area contributed by atoms with Crippen LogP contribution >= 0.6 is 0 Å². The molecule has 0 radical (unpaired) electrons. The molecule has 19 heavy (non-hydrogen) atoms. The van der Waals surface area contributed by atoms with Crippen LogP contribution in [0.15, 0.2) is 18.6 Å². The predicted molar refractivity (Wildman–Crippen MR) is 75.9 cm³/mol. The zero-order valence-corrected chi connectivity index (χ0v) is 12.0. The van der Waals surface area contributed by atoms with Crippen molar-refractivity contribution in [1.29, 1.82) is 0 Å². The molecule has 0 saturated heterocycles. The number of rotatable bonds is 6. The molecule has 0 saturated carbocycles. The second-order valence-corrected chi connectivity index (χ2v) is 5.01. The Balaban J connectivity index is 2.04. The van der Waals surface area contributed by atoms with E-state index < -0.39 is 0 Å². The predicted octanol–water partition coefficient (Wildman–Crippen LogP) is 1.51. The summed E-state index contributed by atoms with van der Waals surface area (Å²) in [7, 11) is 1.99. The van der Waals surface area contributed by atoms with Crippen LogP contribution in [0.25, 0.3) is 0 Å². The number of hydrogen-bond donors (Lipinski definition) is 1. The topological polar surface area (TPSA) is 61.7 Å². The Bertz CT molecular complexity index is 526. The highest BCUT2D eigenvalue weighted by Crippen LogP contribution is 2.08. The van der Waals surface area contributed by atoms with Gasteiger partial charge in [-0.3, -0.25) is 4.68 Å². The summed E-state index contributed by atoms with van der Waals surface area (Å²) in [5, 5.41) is 4.46. The number of aromatic nitrogens is 4. The quantitative estimate of drug-likeness (QED) is 0.857. The molecule has 2 N–H and O–H groups in total. The van der Waals surface area contributed by atoms with Crippen LogP contribution in [-0.4, -0.2) is 25.4 Å². The van der Waals surface area contributed by atoms with Crippen LogP contribution in [0.5, 0.6) is 0 Å². The monoisotopic (exact) mass is 261 g/mol.